The van der Waals surface area contributed by atoms with Crippen LogP contribution in [0.4, 0.5) is 0 Å². The summed E-state index contributed by atoms with van der Waals surface area (Å²) in [4.78, 5) is 70.8. The van der Waals surface area contributed by atoms with E-state index in [1.807, 2.05) is 115 Å². The first kappa shape index (κ1) is 36.5. The van der Waals surface area contributed by atoms with Crippen molar-refractivity contribution in [1.29, 1.82) is 0 Å². The number of Topliss-reactive ketones (excluding diaryl/α,β-unsaturated/α-hetero) is 3. The molecule has 0 N–H and O–H groups in total. The monoisotopic (exact) mass is 808 g/mol. The molecule has 0 saturated heterocycles. The highest BCUT2D eigenvalue weighted by atomic mass is 32.1. The van der Waals surface area contributed by atoms with Crippen molar-refractivity contribution in [2.24, 2.45) is 0 Å². The number of ketones is 3. The minimum Gasteiger partial charge on any atom is -0.457 e. The Bertz CT molecular complexity index is 2900. The lowest BCUT2D eigenvalue weighted by Crippen LogP contribution is -2.22. The molecule has 2 aromatic heterocycles. The van der Waals surface area contributed by atoms with Crippen LogP contribution in [-0.2, 0) is 37.1 Å². The van der Waals surface area contributed by atoms with E-state index in [4.69, 9.17) is 9.47 Å². The van der Waals surface area contributed by atoms with Crippen molar-refractivity contribution in [2.75, 3.05) is 0 Å². The molecule has 0 saturated carbocycles. The van der Waals surface area contributed by atoms with E-state index in [0.717, 1.165) is 36.9 Å². The van der Waals surface area contributed by atoms with Gasteiger partial charge in [0.25, 0.3) is 0 Å². The predicted molar refractivity (Wildman–Crippen MR) is 229 cm³/mol. The van der Waals surface area contributed by atoms with Crippen molar-refractivity contribution in [1.82, 2.24) is 0 Å². The zero-order valence-corrected chi connectivity index (χ0v) is 32.9. The summed E-state index contributed by atoms with van der Waals surface area (Å²) in [5.41, 5.74) is 7.58. The fourth-order valence-electron chi connectivity index (χ4n) is 8.33. The van der Waals surface area contributed by atoms with Crippen molar-refractivity contribution in [3.63, 3.8) is 0 Å². The van der Waals surface area contributed by atoms with Gasteiger partial charge in [0.15, 0.2) is 5.78 Å². The van der Waals surface area contributed by atoms with Crippen molar-refractivity contribution in [3.8, 4) is 0 Å². The van der Waals surface area contributed by atoms with Gasteiger partial charge in [-0.05, 0) is 52.1 Å². The minimum atomic E-state index is -0.578. The predicted octanol–water partition coefficient (Wildman–Crippen LogP) is 10.4. The molecule has 0 aliphatic heterocycles. The van der Waals surface area contributed by atoms with Gasteiger partial charge in [-0.1, -0.05) is 121 Å². The van der Waals surface area contributed by atoms with Crippen LogP contribution in [-0.4, -0.2) is 29.3 Å². The molecule has 9 heteroatoms. The van der Waals surface area contributed by atoms with Crippen LogP contribution in [0.1, 0.15) is 91.9 Å². The van der Waals surface area contributed by atoms with Gasteiger partial charge in [-0.15, -0.1) is 22.7 Å². The van der Waals surface area contributed by atoms with Gasteiger partial charge in [0, 0.05) is 65.6 Å². The summed E-state index contributed by atoms with van der Waals surface area (Å²) in [5.74, 6) is -2.76. The molecule has 0 spiro atoms. The number of hydrogen-bond acceptors (Lipinski definition) is 9. The van der Waals surface area contributed by atoms with Crippen molar-refractivity contribution < 1.29 is 33.4 Å². The summed E-state index contributed by atoms with van der Waals surface area (Å²) in [7, 11) is 0. The maximum absolute atomic E-state index is 14.2. The number of esters is 2. The van der Waals surface area contributed by atoms with Gasteiger partial charge in [0.1, 0.15) is 13.2 Å². The highest BCUT2D eigenvalue weighted by molar-refractivity contribution is 7.14. The fourth-order valence-corrected chi connectivity index (χ4v) is 10.8. The van der Waals surface area contributed by atoms with Gasteiger partial charge in [-0.2, -0.15) is 0 Å². The molecule has 59 heavy (non-hydrogen) atoms. The van der Waals surface area contributed by atoms with Crippen LogP contribution in [0.3, 0.4) is 0 Å². The number of hydrogen-bond donors (Lipinski definition) is 0. The third-order valence-corrected chi connectivity index (χ3v) is 13.5. The molecule has 4 aliphatic carbocycles. The van der Waals surface area contributed by atoms with Crippen LogP contribution >= 0.6 is 22.7 Å². The first-order chi connectivity index (χ1) is 28.8. The number of ether oxygens (including phenoxy) is 2. The Balaban J connectivity index is 1.09. The Labute approximate surface area is 347 Å². The largest absolute Gasteiger partial charge is 0.457 e. The quantitative estimate of drug-likeness (QED) is 0.0857. The zero-order valence-electron chi connectivity index (χ0n) is 31.3. The molecule has 0 radical (unpaired) electrons. The van der Waals surface area contributed by atoms with Crippen LogP contribution in [0.15, 0.2) is 133 Å². The second kappa shape index (κ2) is 14.8. The minimum absolute atomic E-state index is 0.0651. The third-order valence-electron chi connectivity index (χ3n) is 11.1. The Morgan fingerprint density at radius 1 is 0.542 bits per heavy atom. The molecule has 0 amide bonds. The SMILES string of the molecule is O=C(OCc1ccccc1)C1=CC2c3sc(/C=C4\CC(=O)c5ccccc54)cc3C(C(=O)OCc3ccccc3)=CC2c2sc(/C=C3\C(=O)C(=O)c4ccccc43)cc21. The van der Waals surface area contributed by atoms with E-state index in [1.165, 1.54) is 22.7 Å². The summed E-state index contributed by atoms with van der Waals surface area (Å²) in [6, 6.07) is 37.4. The van der Waals surface area contributed by atoms with Crippen molar-refractivity contribution in [2.45, 2.75) is 31.5 Å². The number of allylic oxidation sites excluding steroid dienone is 4. The Morgan fingerprint density at radius 2 is 1.02 bits per heavy atom. The number of thiophene rings is 2. The van der Waals surface area contributed by atoms with E-state index >= 15 is 0 Å². The van der Waals surface area contributed by atoms with E-state index in [2.05, 4.69) is 0 Å². The molecule has 0 fully saturated rings. The second-order valence-electron chi connectivity index (χ2n) is 14.8. The van der Waals surface area contributed by atoms with Gasteiger partial charge in [-0.25, -0.2) is 9.59 Å². The molecular formula is C50H32O7S2. The van der Waals surface area contributed by atoms with Crippen LogP contribution in [0, 0.1) is 0 Å². The molecule has 0 bridgehead atoms. The van der Waals surface area contributed by atoms with Crippen LogP contribution < -0.4 is 0 Å². The first-order valence-corrected chi connectivity index (χ1v) is 20.8. The van der Waals surface area contributed by atoms with Gasteiger partial charge in [0.2, 0.25) is 11.6 Å². The van der Waals surface area contributed by atoms with E-state index in [1.54, 1.807) is 30.3 Å². The van der Waals surface area contributed by atoms with Crippen LogP contribution in [0.5, 0.6) is 0 Å². The summed E-state index contributed by atoms with van der Waals surface area (Å²) in [6.45, 7) is 0.169. The Hall–Kier alpha value is -6.81. The lowest BCUT2D eigenvalue weighted by Gasteiger charge is -2.32. The number of carbonyl (C=O) groups is 5. The Morgan fingerprint density at radius 3 is 1.58 bits per heavy atom. The van der Waals surface area contributed by atoms with E-state index < -0.39 is 23.5 Å². The first-order valence-electron chi connectivity index (χ1n) is 19.2. The number of fused-ring (bicyclic) bond motifs is 7. The number of rotatable bonds is 8. The summed E-state index contributed by atoms with van der Waals surface area (Å²) < 4.78 is 11.9. The highest BCUT2D eigenvalue weighted by Gasteiger charge is 2.41. The fraction of sp³-hybridized carbons (Fsp3) is 0.100. The molecular weight excluding hydrogens is 777 g/mol. The van der Waals surface area contributed by atoms with Crippen molar-refractivity contribution >= 4 is 86.4 Å². The second-order valence-corrected chi connectivity index (χ2v) is 17.0. The van der Waals surface area contributed by atoms with E-state index in [9.17, 15) is 24.0 Å². The molecule has 4 aliphatic rings. The number of carbonyl (C=O) groups excluding carboxylic acids is 5. The molecule has 10 rings (SSSR count). The summed E-state index contributed by atoms with van der Waals surface area (Å²) in [5, 5.41) is 0. The molecule has 2 heterocycles. The van der Waals surface area contributed by atoms with Crippen LogP contribution in [0.25, 0.3) is 34.4 Å². The Kier molecular flexibility index (Phi) is 9.19. The molecule has 2 atom stereocenters. The molecule has 286 valence electrons. The highest BCUT2D eigenvalue weighted by Crippen LogP contribution is 2.55. The van der Waals surface area contributed by atoms with Crippen LogP contribution in [0.2, 0.25) is 0 Å². The normalized spacial score (nSPS) is 18.7. The average Bonchev–Trinajstić information content (AvgIpc) is 4.03. The summed E-state index contributed by atoms with van der Waals surface area (Å²) >= 11 is 2.94. The molecule has 7 nitrogen and oxygen atoms in total. The lowest BCUT2D eigenvalue weighted by molar-refractivity contribution is -0.138. The van der Waals surface area contributed by atoms with Gasteiger partial charge in [-0.3, -0.25) is 14.4 Å². The van der Waals surface area contributed by atoms with Gasteiger partial charge < -0.3 is 9.47 Å². The molecule has 6 aromatic rings. The maximum Gasteiger partial charge on any atom is 0.338 e. The van der Waals surface area contributed by atoms with Gasteiger partial charge in [0.05, 0.1) is 11.1 Å². The molecule has 4 aromatic carbocycles. The summed E-state index contributed by atoms with van der Waals surface area (Å²) in [6.07, 6.45) is 7.90. The third kappa shape index (κ3) is 6.58. The maximum atomic E-state index is 14.2. The topological polar surface area (TPSA) is 104 Å². The van der Waals surface area contributed by atoms with E-state index in [0.29, 0.717) is 49.4 Å². The smallest absolute Gasteiger partial charge is 0.338 e. The standard InChI is InChI=1S/C50H32O7S2/c51-44-20-30(33-15-7-9-17-35(33)44)19-31-22-38-42(49(54)56-26-28-11-3-1-4-12-28)25-41-40(47(38)58-31)24-43(50(55)57-27-29-13-5-2-6-14-29)39-23-32(59-48(39)41)21-37-34-16-8-10-18-36(34)45(52)46(37)53/h1-19,21-25,40-41H,20,26-27H2/b30-19+,37-21-. The zero-order chi connectivity index (χ0) is 40.2. The average molecular weight is 809 g/mol. The molecule has 2 unspecified atom stereocenters. The van der Waals surface area contributed by atoms with Gasteiger partial charge >= 0.3 is 11.9 Å². The number of benzene rings is 4. The van der Waals surface area contributed by atoms with E-state index in [-0.39, 0.29) is 37.3 Å². The lowest BCUT2D eigenvalue weighted by atomic mass is 9.74. The van der Waals surface area contributed by atoms with Crippen molar-refractivity contribution in [3.05, 3.63) is 197 Å².